The van der Waals surface area contributed by atoms with E-state index >= 15 is 0 Å². The molecule has 2 aromatic rings. The third-order valence-electron chi connectivity index (χ3n) is 3.83. The SMILES string of the molecule is Cc1nccn1C[C@@H]1CCCN(C(=O)c2cncs2)C1. The number of hydrogen-bond donors (Lipinski definition) is 0. The Morgan fingerprint density at radius 3 is 3.15 bits per heavy atom. The Bertz CT molecular complexity index is 578. The zero-order valence-corrected chi connectivity index (χ0v) is 12.3. The number of hydrogen-bond acceptors (Lipinski definition) is 4. The lowest BCUT2D eigenvalue weighted by Crippen LogP contribution is -2.40. The number of likely N-dealkylation sites (tertiary alicyclic amines) is 1. The Balaban J connectivity index is 1.65. The van der Waals surface area contributed by atoms with E-state index < -0.39 is 0 Å². The summed E-state index contributed by atoms with van der Waals surface area (Å²) < 4.78 is 2.17. The van der Waals surface area contributed by atoms with Crippen LogP contribution in [0.5, 0.6) is 0 Å². The Labute approximate surface area is 122 Å². The number of rotatable bonds is 3. The van der Waals surface area contributed by atoms with Gasteiger partial charge in [-0.25, -0.2) is 4.98 Å². The predicted molar refractivity (Wildman–Crippen MR) is 77.7 cm³/mol. The van der Waals surface area contributed by atoms with Gasteiger partial charge in [-0.05, 0) is 25.7 Å². The molecule has 1 saturated heterocycles. The van der Waals surface area contributed by atoms with Crippen molar-refractivity contribution >= 4 is 17.2 Å². The molecule has 1 fully saturated rings. The van der Waals surface area contributed by atoms with Gasteiger partial charge in [0.05, 0.1) is 11.7 Å². The number of thiazole rings is 1. The minimum Gasteiger partial charge on any atom is -0.338 e. The Morgan fingerprint density at radius 1 is 1.55 bits per heavy atom. The van der Waals surface area contributed by atoms with Gasteiger partial charge in [0.2, 0.25) is 0 Å². The summed E-state index contributed by atoms with van der Waals surface area (Å²) in [4.78, 5) is 23.3. The van der Waals surface area contributed by atoms with Gasteiger partial charge < -0.3 is 9.47 Å². The molecule has 2 aromatic heterocycles. The molecule has 0 unspecified atom stereocenters. The van der Waals surface area contributed by atoms with Crippen molar-refractivity contribution in [3.63, 3.8) is 0 Å². The summed E-state index contributed by atoms with van der Waals surface area (Å²) in [6.45, 7) is 4.64. The second-order valence-electron chi connectivity index (χ2n) is 5.25. The van der Waals surface area contributed by atoms with Crippen LogP contribution in [0.3, 0.4) is 0 Å². The average molecular weight is 290 g/mol. The largest absolute Gasteiger partial charge is 0.338 e. The highest BCUT2D eigenvalue weighted by atomic mass is 32.1. The zero-order valence-electron chi connectivity index (χ0n) is 11.5. The lowest BCUT2D eigenvalue weighted by molar-refractivity contribution is 0.0666. The number of piperidine rings is 1. The maximum atomic E-state index is 12.4. The molecule has 6 heteroatoms. The quantitative estimate of drug-likeness (QED) is 0.871. The zero-order chi connectivity index (χ0) is 13.9. The van der Waals surface area contributed by atoms with Gasteiger partial charge in [0, 0.05) is 32.0 Å². The number of imidazole rings is 1. The fourth-order valence-corrected chi connectivity index (χ4v) is 3.34. The Hall–Kier alpha value is -1.69. The summed E-state index contributed by atoms with van der Waals surface area (Å²) in [7, 11) is 0. The van der Waals surface area contributed by atoms with Crippen molar-refractivity contribution in [2.45, 2.75) is 26.3 Å². The van der Waals surface area contributed by atoms with Crippen molar-refractivity contribution < 1.29 is 4.79 Å². The monoisotopic (exact) mass is 290 g/mol. The van der Waals surface area contributed by atoms with Crippen LogP contribution >= 0.6 is 11.3 Å². The van der Waals surface area contributed by atoms with Crippen LogP contribution in [0, 0.1) is 12.8 Å². The van der Waals surface area contributed by atoms with E-state index in [-0.39, 0.29) is 5.91 Å². The topological polar surface area (TPSA) is 51.0 Å². The van der Waals surface area contributed by atoms with Crippen LogP contribution in [0.1, 0.15) is 28.3 Å². The van der Waals surface area contributed by atoms with Crippen LogP contribution in [-0.2, 0) is 6.54 Å². The third-order valence-corrected chi connectivity index (χ3v) is 4.59. The van der Waals surface area contributed by atoms with Crippen molar-refractivity contribution in [3.8, 4) is 0 Å². The van der Waals surface area contributed by atoms with Gasteiger partial charge in [-0.1, -0.05) is 0 Å². The van der Waals surface area contributed by atoms with Crippen LogP contribution in [0.2, 0.25) is 0 Å². The normalized spacial score (nSPS) is 19.2. The molecule has 5 nitrogen and oxygen atoms in total. The Kier molecular flexibility index (Phi) is 3.82. The van der Waals surface area contributed by atoms with E-state index in [4.69, 9.17) is 0 Å². The number of carbonyl (C=O) groups excluding carboxylic acids is 1. The first kappa shape index (κ1) is 13.3. The fraction of sp³-hybridized carbons (Fsp3) is 0.500. The maximum absolute atomic E-state index is 12.4. The number of carbonyl (C=O) groups is 1. The molecule has 20 heavy (non-hydrogen) atoms. The van der Waals surface area contributed by atoms with E-state index in [1.54, 1.807) is 11.7 Å². The van der Waals surface area contributed by atoms with E-state index in [0.717, 1.165) is 36.8 Å². The highest BCUT2D eigenvalue weighted by Crippen LogP contribution is 2.21. The van der Waals surface area contributed by atoms with Crippen molar-refractivity contribution in [2.24, 2.45) is 5.92 Å². The van der Waals surface area contributed by atoms with E-state index in [1.807, 2.05) is 24.2 Å². The first-order valence-corrected chi connectivity index (χ1v) is 7.77. The molecule has 0 radical (unpaired) electrons. The van der Waals surface area contributed by atoms with E-state index in [0.29, 0.717) is 5.92 Å². The fourth-order valence-electron chi connectivity index (χ4n) is 2.75. The minimum absolute atomic E-state index is 0.125. The summed E-state index contributed by atoms with van der Waals surface area (Å²) in [6.07, 6.45) is 7.75. The van der Waals surface area contributed by atoms with Gasteiger partial charge in [-0.3, -0.25) is 9.78 Å². The highest BCUT2D eigenvalue weighted by Gasteiger charge is 2.25. The first-order chi connectivity index (χ1) is 9.74. The molecule has 0 spiro atoms. The van der Waals surface area contributed by atoms with Gasteiger partial charge >= 0.3 is 0 Å². The first-order valence-electron chi connectivity index (χ1n) is 6.89. The van der Waals surface area contributed by atoms with Crippen LogP contribution in [0.25, 0.3) is 0 Å². The summed E-state index contributed by atoms with van der Waals surface area (Å²) in [5.74, 6) is 1.67. The second-order valence-corrected chi connectivity index (χ2v) is 6.14. The Morgan fingerprint density at radius 2 is 2.45 bits per heavy atom. The predicted octanol–water partition coefficient (Wildman–Crippen LogP) is 2.20. The average Bonchev–Trinajstić information content (AvgIpc) is 3.11. The van der Waals surface area contributed by atoms with Crippen LogP contribution in [-0.4, -0.2) is 38.4 Å². The summed E-state index contributed by atoms with van der Waals surface area (Å²) in [6, 6.07) is 0. The highest BCUT2D eigenvalue weighted by molar-refractivity contribution is 7.11. The summed E-state index contributed by atoms with van der Waals surface area (Å²) in [5, 5.41) is 0. The standard InChI is InChI=1S/C14H18N4OS/c1-11-16-4-6-17(11)8-12-3-2-5-18(9-12)14(19)13-7-15-10-20-13/h4,6-7,10,12H,2-3,5,8-9H2,1H3/t12-/m0/s1. The molecule has 0 aromatic carbocycles. The summed E-state index contributed by atoms with van der Waals surface area (Å²) in [5.41, 5.74) is 1.71. The van der Waals surface area contributed by atoms with Gasteiger partial charge in [0.1, 0.15) is 10.7 Å². The molecule has 3 heterocycles. The molecule has 1 atom stereocenters. The van der Waals surface area contributed by atoms with Crippen molar-refractivity contribution in [1.29, 1.82) is 0 Å². The molecule has 1 aliphatic heterocycles. The lowest BCUT2D eigenvalue weighted by atomic mass is 9.97. The molecule has 0 bridgehead atoms. The van der Waals surface area contributed by atoms with E-state index in [1.165, 1.54) is 17.8 Å². The van der Waals surface area contributed by atoms with Crippen molar-refractivity contribution in [2.75, 3.05) is 13.1 Å². The number of amides is 1. The number of aromatic nitrogens is 3. The van der Waals surface area contributed by atoms with E-state index in [2.05, 4.69) is 14.5 Å². The molecular formula is C14H18N4OS. The number of aryl methyl sites for hydroxylation is 1. The maximum Gasteiger partial charge on any atom is 0.265 e. The van der Waals surface area contributed by atoms with Crippen molar-refractivity contribution in [1.82, 2.24) is 19.4 Å². The molecule has 0 aliphatic carbocycles. The second kappa shape index (κ2) is 5.75. The summed E-state index contributed by atoms with van der Waals surface area (Å²) >= 11 is 1.42. The smallest absolute Gasteiger partial charge is 0.265 e. The lowest BCUT2D eigenvalue weighted by Gasteiger charge is -2.32. The molecule has 0 N–H and O–H groups in total. The molecule has 1 amide bonds. The van der Waals surface area contributed by atoms with Crippen LogP contribution < -0.4 is 0 Å². The van der Waals surface area contributed by atoms with Gasteiger partial charge in [0.15, 0.2) is 0 Å². The minimum atomic E-state index is 0.125. The van der Waals surface area contributed by atoms with Crippen LogP contribution in [0.4, 0.5) is 0 Å². The van der Waals surface area contributed by atoms with E-state index in [9.17, 15) is 4.79 Å². The van der Waals surface area contributed by atoms with Gasteiger partial charge in [-0.15, -0.1) is 11.3 Å². The number of nitrogens with zero attached hydrogens (tertiary/aromatic N) is 4. The molecule has 3 rings (SSSR count). The molecule has 0 saturated carbocycles. The van der Waals surface area contributed by atoms with Gasteiger partial charge in [0.25, 0.3) is 5.91 Å². The van der Waals surface area contributed by atoms with Gasteiger partial charge in [-0.2, -0.15) is 0 Å². The molecular weight excluding hydrogens is 272 g/mol. The van der Waals surface area contributed by atoms with Crippen molar-refractivity contribution in [3.05, 3.63) is 34.8 Å². The third kappa shape index (κ3) is 2.75. The molecule has 1 aliphatic rings. The molecule has 106 valence electrons. The van der Waals surface area contributed by atoms with Crippen LogP contribution in [0.15, 0.2) is 24.1 Å².